The van der Waals surface area contributed by atoms with Crippen LogP contribution >= 0.6 is 12.2 Å². The van der Waals surface area contributed by atoms with Gasteiger partial charge in [-0.1, -0.05) is 32.0 Å². The van der Waals surface area contributed by atoms with E-state index in [1.54, 1.807) is 0 Å². The van der Waals surface area contributed by atoms with Gasteiger partial charge >= 0.3 is 0 Å². The van der Waals surface area contributed by atoms with Crippen LogP contribution in [-0.2, 0) is 10.0 Å². The molecule has 21 heavy (non-hydrogen) atoms. The number of hydrogen-bond donors (Lipinski definition) is 2. The highest BCUT2D eigenvalue weighted by atomic mass is 32.2. The highest BCUT2D eigenvalue weighted by Gasteiger charge is 2.23. The van der Waals surface area contributed by atoms with E-state index in [1.807, 2.05) is 0 Å². The molecule has 1 aliphatic carbocycles. The summed E-state index contributed by atoms with van der Waals surface area (Å²) in [7, 11) is -3.53. The SMILES string of the molecule is CC1CCCC(NS(=O)(=O)c2ccc(C(N)=S)nc2)CC1. The summed E-state index contributed by atoms with van der Waals surface area (Å²) in [4.78, 5) is 4.29. The van der Waals surface area contributed by atoms with E-state index in [0.29, 0.717) is 11.6 Å². The van der Waals surface area contributed by atoms with E-state index in [-0.39, 0.29) is 15.9 Å². The molecule has 0 bridgehead atoms. The maximum Gasteiger partial charge on any atom is 0.242 e. The summed E-state index contributed by atoms with van der Waals surface area (Å²) in [5, 5.41) is 0. The summed E-state index contributed by atoms with van der Waals surface area (Å²) in [6, 6.07) is 3.03. The van der Waals surface area contributed by atoms with Gasteiger partial charge in [0.2, 0.25) is 10.0 Å². The minimum atomic E-state index is -3.53. The summed E-state index contributed by atoms with van der Waals surface area (Å²) in [6.07, 6.45) is 6.37. The Morgan fingerprint density at radius 3 is 2.71 bits per heavy atom. The average Bonchev–Trinajstić information content (AvgIpc) is 2.63. The van der Waals surface area contributed by atoms with Crippen molar-refractivity contribution < 1.29 is 8.42 Å². The van der Waals surface area contributed by atoms with Gasteiger partial charge in [0.15, 0.2) is 0 Å². The first-order valence-corrected chi connectivity index (χ1v) is 9.06. The van der Waals surface area contributed by atoms with Crippen LogP contribution in [-0.4, -0.2) is 24.4 Å². The second-order valence-electron chi connectivity index (χ2n) is 5.68. The minimum Gasteiger partial charge on any atom is -0.388 e. The predicted molar refractivity (Wildman–Crippen MR) is 86.5 cm³/mol. The van der Waals surface area contributed by atoms with Crippen molar-refractivity contribution in [1.82, 2.24) is 9.71 Å². The maximum absolute atomic E-state index is 12.4. The second-order valence-corrected chi connectivity index (χ2v) is 7.83. The molecule has 1 heterocycles. The number of thiocarbonyl (C=S) groups is 1. The molecular weight excluding hydrogens is 306 g/mol. The normalized spacial score (nSPS) is 23.5. The van der Waals surface area contributed by atoms with E-state index in [2.05, 4.69) is 16.6 Å². The summed E-state index contributed by atoms with van der Waals surface area (Å²) < 4.78 is 27.5. The molecule has 0 spiro atoms. The molecule has 1 aromatic heterocycles. The van der Waals surface area contributed by atoms with Gasteiger partial charge in [-0.25, -0.2) is 13.1 Å². The van der Waals surface area contributed by atoms with Crippen LogP contribution in [0, 0.1) is 5.92 Å². The number of hydrogen-bond acceptors (Lipinski definition) is 4. The van der Waals surface area contributed by atoms with Crippen LogP contribution in [0.25, 0.3) is 0 Å². The van der Waals surface area contributed by atoms with Gasteiger partial charge in [0, 0.05) is 12.2 Å². The number of nitrogens with one attached hydrogen (secondary N) is 1. The number of rotatable bonds is 4. The van der Waals surface area contributed by atoms with Crippen LogP contribution < -0.4 is 10.5 Å². The van der Waals surface area contributed by atoms with Crippen molar-refractivity contribution in [3.8, 4) is 0 Å². The quantitative estimate of drug-likeness (QED) is 0.652. The highest BCUT2D eigenvalue weighted by Crippen LogP contribution is 2.23. The van der Waals surface area contributed by atoms with Gasteiger partial charge in [0.05, 0.1) is 5.69 Å². The smallest absolute Gasteiger partial charge is 0.242 e. The molecule has 5 nitrogen and oxygen atoms in total. The zero-order chi connectivity index (χ0) is 15.5. The van der Waals surface area contributed by atoms with E-state index >= 15 is 0 Å². The van der Waals surface area contributed by atoms with E-state index < -0.39 is 10.0 Å². The number of sulfonamides is 1. The van der Waals surface area contributed by atoms with Gasteiger partial charge in [-0.05, 0) is 37.3 Å². The Balaban J connectivity index is 2.08. The Hall–Kier alpha value is -1.05. The van der Waals surface area contributed by atoms with Gasteiger partial charge in [-0.2, -0.15) is 0 Å². The van der Waals surface area contributed by atoms with Crippen molar-refractivity contribution in [2.75, 3.05) is 0 Å². The molecule has 116 valence electrons. The largest absolute Gasteiger partial charge is 0.388 e. The minimum absolute atomic E-state index is 0.00945. The fourth-order valence-electron chi connectivity index (χ4n) is 2.58. The summed E-state index contributed by atoms with van der Waals surface area (Å²) in [6.45, 7) is 2.22. The summed E-state index contributed by atoms with van der Waals surface area (Å²) in [5.41, 5.74) is 5.88. The van der Waals surface area contributed by atoms with Gasteiger partial charge in [-0.3, -0.25) is 4.98 Å². The molecule has 1 saturated carbocycles. The molecule has 2 atom stereocenters. The monoisotopic (exact) mass is 327 g/mol. The molecule has 2 unspecified atom stereocenters. The molecule has 1 aliphatic rings. The molecule has 0 aromatic carbocycles. The van der Waals surface area contributed by atoms with Crippen molar-refractivity contribution in [2.45, 2.75) is 50.0 Å². The standard InChI is InChI=1S/C14H21N3O2S2/c1-10-3-2-4-11(6-5-10)17-21(18,19)12-7-8-13(14(15)20)16-9-12/h7-11,17H,2-6H2,1H3,(H2,15,20). The van der Waals surface area contributed by atoms with Crippen molar-refractivity contribution in [3.05, 3.63) is 24.0 Å². The lowest BCUT2D eigenvalue weighted by molar-refractivity contribution is 0.484. The first kappa shape index (κ1) is 16.3. The Kier molecular flexibility index (Phi) is 5.29. The van der Waals surface area contributed by atoms with Gasteiger partial charge in [-0.15, -0.1) is 0 Å². The third kappa shape index (κ3) is 4.46. The Bertz CT molecular complexity index is 599. The lowest BCUT2D eigenvalue weighted by Crippen LogP contribution is -2.34. The molecule has 0 radical (unpaired) electrons. The molecule has 7 heteroatoms. The lowest BCUT2D eigenvalue weighted by atomic mass is 10.0. The maximum atomic E-state index is 12.4. The fraction of sp³-hybridized carbons (Fsp3) is 0.571. The Labute approximate surface area is 131 Å². The number of pyridine rings is 1. The van der Waals surface area contributed by atoms with Crippen LogP contribution in [0.4, 0.5) is 0 Å². The van der Waals surface area contributed by atoms with Gasteiger partial charge in [0.25, 0.3) is 0 Å². The molecule has 0 amide bonds. The number of nitrogens with zero attached hydrogens (tertiary/aromatic N) is 1. The van der Waals surface area contributed by atoms with Crippen molar-refractivity contribution in [3.63, 3.8) is 0 Å². The number of aromatic nitrogens is 1. The van der Waals surface area contributed by atoms with Crippen LogP contribution in [0.2, 0.25) is 0 Å². The summed E-state index contributed by atoms with van der Waals surface area (Å²) >= 11 is 4.81. The van der Waals surface area contributed by atoms with E-state index in [4.69, 9.17) is 18.0 Å². The fourth-order valence-corrected chi connectivity index (χ4v) is 3.95. The Morgan fingerprint density at radius 1 is 1.33 bits per heavy atom. The van der Waals surface area contributed by atoms with Crippen LogP contribution in [0.3, 0.4) is 0 Å². The Morgan fingerprint density at radius 2 is 2.10 bits per heavy atom. The van der Waals surface area contributed by atoms with Crippen LogP contribution in [0.5, 0.6) is 0 Å². The molecule has 1 aromatic rings. The third-order valence-corrected chi connectivity index (χ3v) is 5.59. The van der Waals surface area contributed by atoms with E-state index in [1.165, 1.54) is 24.8 Å². The zero-order valence-corrected chi connectivity index (χ0v) is 13.7. The molecule has 3 N–H and O–H groups in total. The predicted octanol–water partition coefficient (Wildman–Crippen LogP) is 1.96. The van der Waals surface area contributed by atoms with Crippen molar-refractivity contribution in [1.29, 1.82) is 0 Å². The summed E-state index contributed by atoms with van der Waals surface area (Å²) in [5.74, 6) is 0.672. The molecule has 1 fully saturated rings. The molecule has 0 saturated heterocycles. The van der Waals surface area contributed by atoms with Crippen LogP contribution in [0.1, 0.15) is 44.7 Å². The molecular formula is C14H21N3O2S2. The van der Waals surface area contributed by atoms with E-state index in [0.717, 1.165) is 25.7 Å². The van der Waals surface area contributed by atoms with Crippen molar-refractivity contribution in [2.24, 2.45) is 11.7 Å². The lowest BCUT2D eigenvalue weighted by Gasteiger charge is -2.16. The zero-order valence-electron chi connectivity index (χ0n) is 12.1. The topological polar surface area (TPSA) is 85.1 Å². The molecule has 2 rings (SSSR count). The first-order chi connectivity index (χ1) is 9.88. The van der Waals surface area contributed by atoms with Gasteiger partial charge < -0.3 is 5.73 Å². The highest BCUT2D eigenvalue weighted by molar-refractivity contribution is 7.89. The number of nitrogens with two attached hydrogens (primary N) is 1. The van der Waals surface area contributed by atoms with Gasteiger partial charge in [0.1, 0.15) is 9.88 Å². The third-order valence-electron chi connectivity index (χ3n) is 3.88. The second kappa shape index (κ2) is 6.81. The van der Waals surface area contributed by atoms with Crippen LogP contribution in [0.15, 0.2) is 23.2 Å². The average molecular weight is 327 g/mol. The first-order valence-electron chi connectivity index (χ1n) is 7.16. The van der Waals surface area contributed by atoms with E-state index in [9.17, 15) is 8.42 Å². The molecule has 0 aliphatic heterocycles. The van der Waals surface area contributed by atoms with Crippen molar-refractivity contribution >= 4 is 27.2 Å².